The second-order valence-electron chi connectivity index (χ2n) is 4.72. The molecule has 1 aliphatic rings. The normalized spacial score (nSPS) is 20.9. The van der Waals surface area contributed by atoms with Gasteiger partial charge in [-0.2, -0.15) is 0 Å². The summed E-state index contributed by atoms with van der Waals surface area (Å²) in [5, 5.41) is 1.01. The van der Waals surface area contributed by atoms with Crippen molar-refractivity contribution in [1.29, 1.82) is 0 Å². The zero-order chi connectivity index (χ0) is 13.0. The van der Waals surface area contributed by atoms with Crippen LogP contribution in [0.2, 0.25) is 0 Å². The largest absolute Gasteiger partial charge is 0.300 e. The summed E-state index contributed by atoms with van der Waals surface area (Å²) in [7, 11) is 0. The molecule has 18 heavy (non-hydrogen) atoms. The Hall–Kier alpha value is -0.980. The molecule has 1 aliphatic heterocycles. The lowest BCUT2D eigenvalue weighted by Gasteiger charge is -2.32. The van der Waals surface area contributed by atoms with Crippen molar-refractivity contribution in [2.45, 2.75) is 38.6 Å². The molecule has 1 atom stereocenters. The van der Waals surface area contributed by atoms with Gasteiger partial charge in [-0.05, 0) is 26.3 Å². The lowest BCUT2D eigenvalue weighted by atomic mass is 10.0. The minimum absolute atomic E-state index is 0.259. The second kappa shape index (κ2) is 6.26. The molecule has 2 heterocycles. The van der Waals surface area contributed by atoms with Gasteiger partial charge in [-0.15, -0.1) is 11.3 Å². The average molecular weight is 268 g/mol. The van der Waals surface area contributed by atoms with Gasteiger partial charge in [-0.25, -0.2) is 10.8 Å². The predicted molar refractivity (Wildman–Crippen MR) is 72.4 cm³/mol. The van der Waals surface area contributed by atoms with E-state index in [4.69, 9.17) is 5.84 Å². The van der Waals surface area contributed by atoms with E-state index in [0.29, 0.717) is 10.9 Å². The molecule has 1 aromatic heterocycles. The van der Waals surface area contributed by atoms with Gasteiger partial charge in [0.25, 0.3) is 5.91 Å². The number of nitrogens with zero attached hydrogens (tertiary/aromatic N) is 2. The Morgan fingerprint density at radius 1 is 1.67 bits per heavy atom. The number of hydrogen-bond acceptors (Lipinski definition) is 5. The number of hydrogen-bond donors (Lipinski definition) is 2. The van der Waals surface area contributed by atoms with Crippen molar-refractivity contribution < 1.29 is 4.79 Å². The number of aromatic nitrogens is 1. The predicted octanol–water partition coefficient (Wildman–Crippen LogP) is 1.16. The molecule has 1 amide bonds. The van der Waals surface area contributed by atoms with Gasteiger partial charge in [-0.3, -0.25) is 10.2 Å². The Kier molecular flexibility index (Phi) is 4.68. The molecule has 6 heteroatoms. The van der Waals surface area contributed by atoms with Crippen molar-refractivity contribution in [2.75, 3.05) is 13.1 Å². The fourth-order valence-corrected chi connectivity index (χ4v) is 3.14. The minimum atomic E-state index is -0.259. The quantitative estimate of drug-likeness (QED) is 0.488. The first-order valence-corrected chi connectivity index (χ1v) is 7.22. The molecule has 3 N–H and O–H groups in total. The number of nitrogens with one attached hydrogen (secondary N) is 1. The first kappa shape index (κ1) is 13.5. The number of likely N-dealkylation sites (tertiary alicyclic amines) is 1. The van der Waals surface area contributed by atoms with Crippen LogP contribution in [0, 0.1) is 0 Å². The topological polar surface area (TPSA) is 71.2 Å². The number of hydrazine groups is 1. The Bertz CT molecular complexity index is 407. The first-order valence-electron chi connectivity index (χ1n) is 6.40. The van der Waals surface area contributed by atoms with Crippen LogP contribution in [-0.2, 0) is 6.42 Å². The van der Waals surface area contributed by atoms with E-state index in [1.54, 1.807) is 6.20 Å². The summed E-state index contributed by atoms with van der Waals surface area (Å²) in [6.07, 6.45) is 6.44. The van der Waals surface area contributed by atoms with Gasteiger partial charge in [0.2, 0.25) is 0 Å². The lowest BCUT2D eigenvalue weighted by molar-refractivity contribution is 0.0957. The molecule has 0 radical (unpaired) electrons. The van der Waals surface area contributed by atoms with Gasteiger partial charge in [0.05, 0.1) is 11.2 Å². The standard InChI is InChI=1S/C12H20N4OS/c1-9-4-2-3-6-16(9)7-5-11-14-8-10(18-11)12(17)15-13/h8-9H,2-7,13H2,1H3,(H,15,17). The van der Waals surface area contributed by atoms with Crippen LogP contribution >= 0.6 is 11.3 Å². The van der Waals surface area contributed by atoms with E-state index in [2.05, 4.69) is 22.2 Å². The number of rotatable bonds is 4. The third kappa shape index (κ3) is 3.28. The zero-order valence-electron chi connectivity index (χ0n) is 10.7. The van der Waals surface area contributed by atoms with Crippen LogP contribution in [0.1, 0.15) is 40.9 Å². The fourth-order valence-electron chi connectivity index (χ4n) is 2.33. The summed E-state index contributed by atoms with van der Waals surface area (Å²) in [4.78, 5) is 18.7. The van der Waals surface area contributed by atoms with Crippen molar-refractivity contribution in [3.63, 3.8) is 0 Å². The number of thiazole rings is 1. The van der Waals surface area contributed by atoms with Crippen LogP contribution in [0.25, 0.3) is 0 Å². The van der Waals surface area contributed by atoms with E-state index < -0.39 is 0 Å². The highest BCUT2D eigenvalue weighted by Gasteiger charge is 2.18. The Morgan fingerprint density at radius 3 is 3.22 bits per heavy atom. The maximum atomic E-state index is 11.3. The molecule has 2 rings (SSSR count). The molecule has 0 aliphatic carbocycles. The van der Waals surface area contributed by atoms with Gasteiger partial charge in [-0.1, -0.05) is 6.42 Å². The second-order valence-corrected chi connectivity index (χ2v) is 5.84. The van der Waals surface area contributed by atoms with E-state index in [1.165, 1.54) is 37.1 Å². The maximum absolute atomic E-state index is 11.3. The van der Waals surface area contributed by atoms with Crippen LogP contribution in [0.3, 0.4) is 0 Å². The smallest absolute Gasteiger partial charge is 0.276 e. The van der Waals surface area contributed by atoms with Crippen molar-refractivity contribution in [3.8, 4) is 0 Å². The van der Waals surface area contributed by atoms with Crippen molar-refractivity contribution in [1.82, 2.24) is 15.3 Å². The Balaban J connectivity index is 1.86. The van der Waals surface area contributed by atoms with Crippen LogP contribution in [-0.4, -0.2) is 34.9 Å². The number of amides is 1. The van der Waals surface area contributed by atoms with Gasteiger partial charge in [0.15, 0.2) is 0 Å². The molecule has 5 nitrogen and oxygen atoms in total. The number of piperidine rings is 1. The van der Waals surface area contributed by atoms with E-state index in [-0.39, 0.29) is 5.91 Å². The number of carbonyl (C=O) groups excluding carboxylic acids is 1. The van der Waals surface area contributed by atoms with Gasteiger partial charge in [0, 0.05) is 19.0 Å². The summed E-state index contributed by atoms with van der Waals surface area (Å²) in [6, 6.07) is 0.672. The van der Waals surface area contributed by atoms with Crippen LogP contribution in [0.5, 0.6) is 0 Å². The third-order valence-electron chi connectivity index (χ3n) is 3.46. The molecule has 0 bridgehead atoms. The molecule has 1 aromatic rings. The summed E-state index contributed by atoms with van der Waals surface area (Å²) in [5.41, 5.74) is 2.13. The molecule has 0 spiro atoms. The van der Waals surface area contributed by atoms with E-state index in [9.17, 15) is 4.79 Å². The molecule has 1 saturated heterocycles. The molecule has 0 aromatic carbocycles. The first-order chi connectivity index (χ1) is 8.70. The van der Waals surface area contributed by atoms with Crippen molar-refractivity contribution in [2.24, 2.45) is 5.84 Å². The highest BCUT2D eigenvalue weighted by molar-refractivity contribution is 7.13. The molecule has 0 saturated carbocycles. The molecular weight excluding hydrogens is 248 g/mol. The summed E-state index contributed by atoms with van der Waals surface area (Å²) in [6.45, 7) is 4.50. The Labute approximate surface area is 111 Å². The van der Waals surface area contributed by atoms with Crippen molar-refractivity contribution in [3.05, 3.63) is 16.1 Å². The molecular formula is C12H20N4OS. The summed E-state index contributed by atoms with van der Waals surface area (Å²) < 4.78 is 0. The van der Waals surface area contributed by atoms with Gasteiger partial charge >= 0.3 is 0 Å². The number of nitrogen functional groups attached to an aromatic ring is 1. The number of carbonyl (C=O) groups is 1. The van der Waals surface area contributed by atoms with Gasteiger partial charge in [0.1, 0.15) is 4.88 Å². The van der Waals surface area contributed by atoms with E-state index in [0.717, 1.165) is 18.0 Å². The van der Waals surface area contributed by atoms with Crippen LogP contribution < -0.4 is 11.3 Å². The SMILES string of the molecule is CC1CCCCN1CCc1ncc(C(=O)NN)s1. The highest BCUT2D eigenvalue weighted by Crippen LogP contribution is 2.18. The van der Waals surface area contributed by atoms with Crippen molar-refractivity contribution >= 4 is 17.2 Å². The third-order valence-corrected chi connectivity index (χ3v) is 4.52. The summed E-state index contributed by atoms with van der Waals surface area (Å²) in [5.74, 6) is 4.83. The monoisotopic (exact) mass is 268 g/mol. The molecule has 1 unspecified atom stereocenters. The minimum Gasteiger partial charge on any atom is -0.300 e. The number of nitrogens with two attached hydrogens (primary N) is 1. The van der Waals surface area contributed by atoms with E-state index in [1.807, 2.05) is 0 Å². The van der Waals surface area contributed by atoms with Crippen LogP contribution in [0.4, 0.5) is 0 Å². The highest BCUT2D eigenvalue weighted by atomic mass is 32.1. The maximum Gasteiger partial charge on any atom is 0.276 e. The summed E-state index contributed by atoms with van der Waals surface area (Å²) >= 11 is 1.43. The molecule has 100 valence electrons. The fraction of sp³-hybridized carbons (Fsp3) is 0.667. The van der Waals surface area contributed by atoms with Crippen LogP contribution in [0.15, 0.2) is 6.20 Å². The van der Waals surface area contributed by atoms with Gasteiger partial charge < -0.3 is 4.90 Å². The Morgan fingerprint density at radius 2 is 2.50 bits per heavy atom. The molecule has 1 fully saturated rings. The average Bonchev–Trinajstić information content (AvgIpc) is 2.86. The zero-order valence-corrected chi connectivity index (χ0v) is 11.5. The lowest BCUT2D eigenvalue weighted by Crippen LogP contribution is -2.38. The van der Waals surface area contributed by atoms with E-state index >= 15 is 0 Å².